The first kappa shape index (κ1) is 15.1. The Labute approximate surface area is 142 Å². The molecule has 2 aromatic rings. The van der Waals surface area contributed by atoms with Crippen LogP contribution in [0, 0.1) is 0 Å². The van der Waals surface area contributed by atoms with Crippen LogP contribution < -0.4 is 14.5 Å². The fourth-order valence-electron chi connectivity index (χ4n) is 3.71. The molecule has 0 bridgehead atoms. The van der Waals surface area contributed by atoms with Crippen LogP contribution in [0.25, 0.3) is 0 Å². The molecule has 2 heterocycles. The molecule has 2 aromatic carbocycles. The average molecular weight is 322 g/mol. The Morgan fingerprint density at radius 2 is 1.83 bits per heavy atom. The van der Waals surface area contributed by atoms with Gasteiger partial charge in [0.05, 0.1) is 18.0 Å². The van der Waals surface area contributed by atoms with Crippen molar-refractivity contribution < 1.29 is 9.53 Å². The normalized spacial score (nSPS) is 19.3. The molecular formula is C20H22N2O2. The number of amides is 1. The maximum Gasteiger partial charge on any atom is 0.227 e. The molecule has 0 N–H and O–H groups in total. The lowest BCUT2D eigenvalue weighted by molar-refractivity contribution is -0.119. The minimum absolute atomic E-state index is 0.206. The van der Waals surface area contributed by atoms with Gasteiger partial charge in [-0.05, 0) is 36.1 Å². The molecule has 0 saturated heterocycles. The molecule has 124 valence electrons. The number of ether oxygens (including phenoxy) is 1. The highest BCUT2D eigenvalue weighted by Gasteiger charge is 2.29. The number of benzene rings is 2. The van der Waals surface area contributed by atoms with Gasteiger partial charge in [-0.1, -0.05) is 30.3 Å². The van der Waals surface area contributed by atoms with E-state index in [1.54, 1.807) is 0 Å². The first-order valence-electron chi connectivity index (χ1n) is 8.56. The third kappa shape index (κ3) is 2.62. The van der Waals surface area contributed by atoms with Crippen molar-refractivity contribution in [1.82, 2.24) is 0 Å². The van der Waals surface area contributed by atoms with Crippen molar-refractivity contribution in [3.63, 3.8) is 0 Å². The first-order chi connectivity index (χ1) is 11.7. The zero-order valence-corrected chi connectivity index (χ0v) is 13.9. The Hall–Kier alpha value is -2.49. The topological polar surface area (TPSA) is 32.8 Å². The number of hydrogen-bond donors (Lipinski definition) is 0. The number of nitrogens with zero attached hydrogens (tertiary/aromatic N) is 2. The molecule has 2 aliphatic heterocycles. The standard InChI is InChI=1S/C20H22N2O2/c1-21-11-12-22(18-8-4-3-7-17(18)21)20(23)14-15-10-13-24-19-9-5-2-6-16(15)19/h2-9,15H,10-14H2,1H3. The molecule has 4 nitrogen and oxygen atoms in total. The van der Waals surface area contributed by atoms with Gasteiger partial charge >= 0.3 is 0 Å². The molecule has 0 aliphatic carbocycles. The van der Waals surface area contributed by atoms with E-state index < -0.39 is 0 Å². The molecule has 0 spiro atoms. The molecular weight excluding hydrogens is 300 g/mol. The van der Waals surface area contributed by atoms with Crippen molar-refractivity contribution in [2.24, 2.45) is 0 Å². The smallest absolute Gasteiger partial charge is 0.227 e. The number of hydrogen-bond acceptors (Lipinski definition) is 3. The van der Waals surface area contributed by atoms with Gasteiger partial charge in [0.25, 0.3) is 0 Å². The SMILES string of the molecule is CN1CCN(C(=O)CC2CCOc3ccccc32)c2ccccc21. The summed E-state index contributed by atoms with van der Waals surface area (Å²) in [5, 5.41) is 0. The minimum Gasteiger partial charge on any atom is -0.493 e. The first-order valence-corrected chi connectivity index (χ1v) is 8.56. The summed E-state index contributed by atoms with van der Waals surface area (Å²) < 4.78 is 5.72. The van der Waals surface area contributed by atoms with E-state index in [1.165, 1.54) is 5.56 Å². The molecule has 0 fully saturated rings. The van der Waals surface area contributed by atoms with Gasteiger partial charge in [-0.2, -0.15) is 0 Å². The summed E-state index contributed by atoms with van der Waals surface area (Å²) in [5.74, 6) is 1.38. The van der Waals surface area contributed by atoms with Gasteiger partial charge in [0, 0.05) is 26.6 Å². The Balaban J connectivity index is 1.57. The van der Waals surface area contributed by atoms with Crippen LogP contribution in [-0.4, -0.2) is 32.7 Å². The van der Waals surface area contributed by atoms with Gasteiger partial charge in [-0.15, -0.1) is 0 Å². The van der Waals surface area contributed by atoms with Crippen LogP contribution in [0.5, 0.6) is 5.75 Å². The fraction of sp³-hybridized carbons (Fsp3) is 0.350. The molecule has 24 heavy (non-hydrogen) atoms. The van der Waals surface area contributed by atoms with E-state index in [0.29, 0.717) is 13.0 Å². The van der Waals surface area contributed by atoms with Gasteiger partial charge in [0.15, 0.2) is 0 Å². The molecule has 2 aliphatic rings. The highest BCUT2D eigenvalue weighted by molar-refractivity contribution is 5.98. The van der Waals surface area contributed by atoms with Gasteiger partial charge in [0.2, 0.25) is 5.91 Å². The molecule has 1 atom stereocenters. The molecule has 0 saturated carbocycles. The largest absolute Gasteiger partial charge is 0.493 e. The second kappa shape index (κ2) is 6.19. The molecule has 1 amide bonds. The van der Waals surface area contributed by atoms with Crippen LogP contribution in [0.1, 0.15) is 24.3 Å². The lowest BCUT2D eigenvalue weighted by Crippen LogP contribution is -2.43. The van der Waals surface area contributed by atoms with E-state index in [2.05, 4.69) is 24.1 Å². The van der Waals surface area contributed by atoms with Crippen LogP contribution in [0.15, 0.2) is 48.5 Å². The molecule has 1 unspecified atom stereocenters. The number of rotatable bonds is 2. The lowest BCUT2D eigenvalue weighted by Gasteiger charge is -2.36. The van der Waals surface area contributed by atoms with Gasteiger partial charge < -0.3 is 14.5 Å². The highest BCUT2D eigenvalue weighted by Crippen LogP contribution is 2.37. The van der Waals surface area contributed by atoms with Crippen molar-refractivity contribution in [3.05, 3.63) is 54.1 Å². The van der Waals surface area contributed by atoms with Gasteiger partial charge in [-0.3, -0.25) is 4.79 Å². The number of para-hydroxylation sites is 3. The van der Waals surface area contributed by atoms with E-state index >= 15 is 0 Å². The average Bonchev–Trinajstić information content (AvgIpc) is 2.62. The summed E-state index contributed by atoms with van der Waals surface area (Å²) >= 11 is 0. The third-order valence-electron chi connectivity index (χ3n) is 5.05. The maximum atomic E-state index is 13.0. The number of carbonyl (C=O) groups excluding carboxylic acids is 1. The van der Waals surface area contributed by atoms with Crippen LogP contribution in [-0.2, 0) is 4.79 Å². The van der Waals surface area contributed by atoms with E-state index in [-0.39, 0.29) is 11.8 Å². The van der Waals surface area contributed by atoms with Crippen LogP contribution >= 0.6 is 0 Å². The summed E-state index contributed by atoms with van der Waals surface area (Å²) in [7, 11) is 2.08. The van der Waals surface area contributed by atoms with Crippen LogP contribution in [0.4, 0.5) is 11.4 Å². The summed E-state index contributed by atoms with van der Waals surface area (Å²) in [4.78, 5) is 17.2. The Bertz CT molecular complexity index is 759. The van der Waals surface area contributed by atoms with Gasteiger partial charge in [0.1, 0.15) is 5.75 Å². The molecule has 0 radical (unpaired) electrons. The van der Waals surface area contributed by atoms with E-state index in [4.69, 9.17) is 4.74 Å². The summed E-state index contributed by atoms with van der Waals surface area (Å²) in [6, 6.07) is 16.2. The predicted molar refractivity (Wildman–Crippen MR) is 96.0 cm³/mol. The number of carbonyl (C=O) groups is 1. The zero-order chi connectivity index (χ0) is 16.5. The summed E-state index contributed by atoms with van der Waals surface area (Å²) in [6.45, 7) is 2.30. The third-order valence-corrected chi connectivity index (χ3v) is 5.05. The van der Waals surface area contributed by atoms with Crippen LogP contribution in [0.3, 0.4) is 0 Å². The van der Waals surface area contributed by atoms with Crippen molar-refractivity contribution in [2.45, 2.75) is 18.8 Å². The maximum absolute atomic E-state index is 13.0. The van der Waals surface area contributed by atoms with Crippen molar-refractivity contribution in [2.75, 3.05) is 36.5 Å². The predicted octanol–water partition coefficient (Wildman–Crippen LogP) is 3.43. The second-order valence-electron chi connectivity index (χ2n) is 6.53. The quantitative estimate of drug-likeness (QED) is 0.849. The summed E-state index contributed by atoms with van der Waals surface area (Å²) in [5.41, 5.74) is 3.32. The van der Waals surface area contributed by atoms with Crippen LogP contribution in [0.2, 0.25) is 0 Å². The Kier molecular flexibility index (Phi) is 3.89. The van der Waals surface area contributed by atoms with Crippen molar-refractivity contribution >= 4 is 17.3 Å². The Morgan fingerprint density at radius 1 is 1.08 bits per heavy atom. The molecule has 0 aromatic heterocycles. The van der Waals surface area contributed by atoms with Crippen molar-refractivity contribution in [1.29, 1.82) is 0 Å². The summed E-state index contributed by atoms with van der Waals surface area (Å²) in [6.07, 6.45) is 1.44. The minimum atomic E-state index is 0.206. The van der Waals surface area contributed by atoms with Crippen molar-refractivity contribution in [3.8, 4) is 5.75 Å². The Morgan fingerprint density at radius 3 is 2.71 bits per heavy atom. The van der Waals surface area contributed by atoms with E-state index in [1.807, 2.05) is 41.3 Å². The van der Waals surface area contributed by atoms with E-state index in [9.17, 15) is 4.79 Å². The zero-order valence-electron chi connectivity index (χ0n) is 13.9. The number of anilines is 2. The van der Waals surface area contributed by atoms with Gasteiger partial charge in [-0.25, -0.2) is 0 Å². The van der Waals surface area contributed by atoms with E-state index in [0.717, 1.165) is 36.6 Å². The second-order valence-corrected chi connectivity index (χ2v) is 6.53. The molecule has 4 rings (SSSR count). The lowest BCUT2D eigenvalue weighted by atomic mass is 9.89. The highest BCUT2D eigenvalue weighted by atomic mass is 16.5. The monoisotopic (exact) mass is 322 g/mol. The number of likely N-dealkylation sites (N-methyl/N-ethyl adjacent to an activating group) is 1. The molecule has 4 heteroatoms. The fourth-order valence-corrected chi connectivity index (χ4v) is 3.71. The number of fused-ring (bicyclic) bond motifs is 2.